The fraction of sp³-hybridized carbons (Fsp3) is 0.217. The van der Waals surface area contributed by atoms with Crippen molar-refractivity contribution >= 4 is 22.7 Å². The van der Waals surface area contributed by atoms with Crippen LogP contribution < -0.4 is 10.1 Å². The van der Waals surface area contributed by atoms with Gasteiger partial charge in [-0.05, 0) is 38.1 Å². The van der Waals surface area contributed by atoms with E-state index in [2.05, 4.69) is 27.8 Å². The molecule has 1 N–H and O–H groups in total. The molecule has 6 heteroatoms. The van der Waals surface area contributed by atoms with Crippen LogP contribution in [-0.2, 0) is 11.3 Å². The Morgan fingerprint density at radius 3 is 2.76 bits per heavy atom. The van der Waals surface area contributed by atoms with Crippen molar-refractivity contribution in [3.8, 4) is 34.9 Å². The molecule has 146 valence electrons. The van der Waals surface area contributed by atoms with Crippen LogP contribution in [0.5, 0.6) is 5.75 Å². The first kappa shape index (κ1) is 19.9. The maximum Gasteiger partial charge on any atom is 0.412 e. The highest BCUT2D eigenvalue weighted by molar-refractivity contribution is 5.96. The second-order valence-electron chi connectivity index (χ2n) is 6.17. The van der Waals surface area contributed by atoms with Gasteiger partial charge in [0.05, 0.1) is 23.9 Å². The van der Waals surface area contributed by atoms with E-state index in [-0.39, 0.29) is 6.61 Å². The van der Waals surface area contributed by atoms with Gasteiger partial charge in [0.25, 0.3) is 0 Å². The molecule has 3 aromatic rings. The standard InChI is InChI=1S/C23H21N3O3/c1-4-6-12-29-23(27)25-17-9-7-8-16(13-17)22-20(15-24)19-11-10-18(28-3)14-21(19)26(22)5-2/h7-11,13-14H,5,12H2,1-3H3,(H,25,27). The largest absolute Gasteiger partial charge is 0.497 e. The highest BCUT2D eigenvalue weighted by atomic mass is 16.5. The summed E-state index contributed by atoms with van der Waals surface area (Å²) in [6.45, 7) is 4.42. The Bertz CT molecular complexity index is 1160. The number of carbonyl (C=O) groups is 1. The summed E-state index contributed by atoms with van der Waals surface area (Å²) in [7, 11) is 1.62. The number of aryl methyl sites for hydroxylation is 1. The Balaban J connectivity index is 2.05. The number of rotatable bonds is 5. The average molecular weight is 387 g/mol. The van der Waals surface area contributed by atoms with Crippen LogP contribution in [0.1, 0.15) is 19.4 Å². The number of hydrogen-bond acceptors (Lipinski definition) is 4. The summed E-state index contributed by atoms with van der Waals surface area (Å²) in [5.41, 5.74) is 3.71. The minimum atomic E-state index is -0.578. The van der Waals surface area contributed by atoms with Gasteiger partial charge in [-0.1, -0.05) is 18.1 Å². The molecule has 2 aromatic carbocycles. The van der Waals surface area contributed by atoms with Crippen LogP contribution in [0, 0.1) is 23.2 Å². The molecule has 0 saturated heterocycles. The maximum atomic E-state index is 11.9. The fourth-order valence-electron chi connectivity index (χ4n) is 3.27. The molecule has 0 aliphatic heterocycles. The van der Waals surface area contributed by atoms with Crippen molar-refractivity contribution in [2.45, 2.75) is 20.4 Å². The molecule has 0 atom stereocenters. The van der Waals surface area contributed by atoms with E-state index in [1.165, 1.54) is 0 Å². The van der Waals surface area contributed by atoms with Gasteiger partial charge in [0.2, 0.25) is 0 Å². The van der Waals surface area contributed by atoms with Gasteiger partial charge < -0.3 is 14.0 Å². The zero-order valence-corrected chi connectivity index (χ0v) is 16.6. The highest BCUT2D eigenvalue weighted by Gasteiger charge is 2.19. The van der Waals surface area contributed by atoms with Crippen LogP contribution in [0.3, 0.4) is 0 Å². The van der Waals surface area contributed by atoms with E-state index in [0.717, 1.165) is 27.9 Å². The molecule has 6 nitrogen and oxygen atoms in total. The summed E-state index contributed by atoms with van der Waals surface area (Å²) < 4.78 is 12.4. The van der Waals surface area contributed by atoms with Crippen LogP contribution in [0.15, 0.2) is 42.5 Å². The summed E-state index contributed by atoms with van der Waals surface area (Å²) in [5, 5.41) is 13.4. The van der Waals surface area contributed by atoms with Crippen molar-refractivity contribution in [1.29, 1.82) is 5.26 Å². The zero-order valence-electron chi connectivity index (χ0n) is 16.6. The molecule has 0 aliphatic rings. The van der Waals surface area contributed by atoms with Crippen molar-refractivity contribution in [2.24, 2.45) is 0 Å². The second-order valence-corrected chi connectivity index (χ2v) is 6.17. The Morgan fingerprint density at radius 1 is 1.24 bits per heavy atom. The molecule has 1 aromatic heterocycles. The molecule has 0 aliphatic carbocycles. The lowest BCUT2D eigenvalue weighted by Gasteiger charge is -2.11. The van der Waals surface area contributed by atoms with E-state index in [9.17, 15) is 10.1 Å². The number of nitrogens with one attached hydrogen (secondary N) is 1. The van der Waals surface area contributed by atoms with Crippen molar-refractivity contribution in [1.82, 2.24) is 4.57 Å². The zero-order chi connectivity index (χ0) is 20.8. The fourth-order valence-corrected chi connectivity index (χ4v) is 3.27. The third-order valence-electron chi connectivity index (χ3n) is 4.53. The normalized spacial score (nSPS) is 10.0. The quantitative estimate of drug-likeness (QED) is 0.639. The number of anilines is 1. The van der Waals surface area contributed by atoms with Crippen LogP contribution in [0.4, 0.5) is 10.5 Å². The topological polar surface area (TPSA) is 76.3 Å². The van der Waals surface area contributed by atoms with Gasteiger partial charge in [-0.25, -0.2) is 4.79 Å². The number of aromatic nitrogens is 1. The molecular formula is C23H21N3O3. The first-order valence-corrected chi connectivity index (χ1v) is 9.17. The Hall–Kier alpha value is -3.90. The van der Waals surface area contributed by atoms with Gasteiger partial charge in [0.15, 0.2) is 6.61 Å². The van der Waals surface area contributed by atoms with Crippen molar-refractivity contribution in [2.75, 3.05) is 19.0 Å². The number of nitriles is 1. The number of ether oxygens (including phenoxy) is 2. The van der Waals surface area contributed by atoms with E-state index >= 15 is 0 Å². The van der Waals surface area contributed by atoms with E-state index in [4.69, 9.17) is 9.47 Å². The summed E-state index contributed by atoms with van der Waals surface area (Å²) in [4.78, 5) is 11.9. The van der Waals surface area contributed by atoms with Gasteiger partial charge in [-0.2, -0.15) is 5.26 Å². The lowest BCUT2D eigenvalue weighted by molar-refractivity contribution is 0.176. The molecule has 0 saturated carbocycles. The van der Waals surface area contributed by atoms with E-state index < -0.39 is 6.09 Å². The third-order valence-corrected chi connectivity index (χ3v) is 4.53. The molecule has 0 fully saturated rings. The van der Waals surface area contributed by atoms with Crippen LogP contribution in [0.25, 0.3) is 22.2 Å². The van der Waals surface area contributed by atoms with E-state index in [1.807, 2.05) is 43.3 Å². The van der Waals surface area contributed by atoms with Gasteiger partial charge in [0, 0.05) is 29.2 Å². The maximum absolute atomic E-state index is 11.9. The van der Waals surface area contributed by atoms with Crippen molar-refractivity contribution in [3.05, 3.63) is 48.0 Å². The van der Waals surface area contributed by atoms with E-state index in [0.29, 0.717) is 17.8 Å². The minimum Gasteiger partial charge on any atom is -0.497 e. The van der Waals surface area contributed by atoms with E-state index in [1.54, 1.807) is 20.1 Å². The van der Waals surface area contributed by atoms with Crippen LogP contribution in [-0.4, -0.2) is 24.4 Å². The predicted molar refractivity (Wildman–Crippen MR) is 113 cm³/mol. The van der Waals surface area contributed by atoms with Crippen molar-refractivity contribution in [3.63, 3.8) is 0 Å². The Morgan fingerprint density at radius 2 is 2.07 bits per heavy atom. The monoisotopic (exact) mass is 387 g/mol. The molecule has 1 heterocycles. The molecule has 3 rings (SSSR count). The van der Waals surface area contributed by atoms with Crippen molar-refractivity contribution < 1.29 is 14.3 Å². The summed E-state index contributed by atoms with van der Waals surface area (Å²) in [6.07, 6.45) is -0.578. The molecule has 0 bridgehead atoms. The molecule has 29 heavy (non-hydrogen) atoms. The lowest BCUT2D eigenvalue weighted by atomic mass is 10.1. The second kappa shape index (κ2) is 8.86. The number of fused-ring (bicyclic) bond motifs is 1. The van der Waals surface area contributed by atoms with Crippen LogP contribution >= 0.6 is 0 Å². The molecule has 0 spiro atoms. The summed E-state index contributed by atoms with van der Waals surface area (Å²) >= 11 is 0. The van der Waals surface area contributed by atoms with Crippen LogP contribution in [0.2, 0.25) is 0 Å². The minimum absolute atomic E-state index is 0.0342. The SMILES string of the molecule is CC#CCOC(=O)Nc1cccc(-c2c(C#N)c3ccc(OC)cc3n2CC)c1. The predicted octanol–water partition coefficient (Wildman–Crippen LogP) is 4.78. The number of benzene rings is 2. The third kappa shape index (κ3) is 4.02. The highest BCUT2D eigenvalue weighted by Crippen LogP contribution is 2.36. The first-order valence-electron chi connectivity index (χ1n) is 9.17. The Labute approximate surface area is 169 Å². The smallest absolute Gasteiger partial charge is 0.412 e. The first-order chi connectivity index (χ1) is 14.1. The average Bonchev–Trinajstić information content (AvgIpc) is 3.06. The van der Waals surface area contributed by atoms with Gasteiger partial charge in [0.1, 0.15) is 11.8 Å². The van der Waals surface area contributed by atoms with Gasteiger partial charge >= 0.3 is 6.09 Å². The summed E-state index contributed by atoms with van der Waals surface area (Å²) in [6, 6.07) is 15.3. The number of methoxy groups -OCH3 is 1. The molecule has 1 amide bonds. The number of nitrogens with zero attached hydrogens (tertiary/aromatic N) is 2. The molecular weight excluding hydrogens is 366 g/mol. The van der Waals surface area contributed by atoms with Gasteiger partial charge in [-0.15, -0.1) is 5.92 Å². The van der Waals surface area contributed by atoms with Gasteiger partial charge in [-0.3, -0.25) is 5.32 Å². The Kier molecular flexibility index (Phi) is 6.06. The lowest BCUT2D eigenvalue weighted by Crippen LogP contribution is -2.13. The number of amides is 1. The number of hydrogen-bond donors (Lipinski definition) is 1. The summed E-state index contributed by atoms with van der Waals surface area (Å²) in [5.74, 6) is 6.07. The molecule has 0 radical (unpaired) electrons. The number of carbonyl (C=O) groups excluding carboxylic acids is 1. The molecule has 0 unspecified atom stereocenters.